The van der Waals surface area contributed by atoms with Gasteiger partial charge >= 0.3 is 0 Å². The first-order valence-corrected chi connectivity index (χ1v) is 6.49. The first kappa shape index (κ1) is 12.4. The van der Waals surface area contributed by atoms with Gasteiger partial charge in [0.1, 0.15) is 11.6 Å². The molecule has 1 aromatic carbocycles. The lowest BCUT2D eigenvalue weighted by Gasteiger charge is -2.18. The Kier molecular flexibility index (Phi) is 2.96. The number of fused-ring (bicyclic) bond motifs is 1. The summed E-state index contributed by atoms with van der Waals surface area (Å²) in [6.45, 7) is 0. The van der Waals surface area contributed by atoms with Crippen molar-refractivity contribution in [3.8, 4) is 11.8 Å². The summed E-state index contributed by atoms with van der Waals surface area (Å²) in [6.07, 6.45) is 3.38. The van der Waals surface area contributed by atoms with E-state index in [9.17, 15) is 14.9 Å². The maximum Gasteiger partial charge on any atom is 0.273 e. The van der Waals surface area contributed by atoms with Crippen LogP contribution >= 0.6 is 0 Å². The van der Waals surface area contributed by atoms with E-state index in [0.717, 1.165) is 0 Å². The lowest BCUT2D eigenvalue weighted by atomic mass is 9.89. The van der Waals surface area contributed by atoms with Gasteiger partial charge in [-0.25, -0.2) is 0 Å². The SMILES string of the molecule is N#Cc1c2c(cn(-c3ccccc3)c1=O)C(=O)CCC2. The van der Waals surface area contributed by atoms with Gasteiger partial charge in [-0.1, -0.05) is 18.2 Å². The predicted octanol–water partition coefficient (Wildman–Crippen LogP) is 2.23. The number of pyridine rings is 1. The number of ketones is 1. The molecule has 0 bridgehead atoms. The molecule has 0 N–H and O–H groups in total. The molecular weight excluding hydrogens is 252 g/mol. The van der Waals surface area contributed by atoms with Crippen molar-refractivity contribution >= 4 is 5.78 Å². The van der Waals surface area contributed by atoms with Gasteiger partial charge in [-0.3, -0.25) is 14.2 Å². The summed E-state index contributed by atoms with van der Waals surface area (Å²) in [5.41, 5.74) is 1.53. The van der Waals surface area contributed by atoms with E-state index in [1.807, 2.05) is 24.3 Å². The zero-order chi connectivity index (χ0) is 14.1. The van der Waals surface area contributed by atoms with E-state index in [4.69, 9.17) is 0 Å². The minimum Gasteiger partial charge on any atom is -0.294 e. The van der Waals surface area contributed by atoms with Crippen LogP contribution in [-0.2, 0) is 6.42 Å². The number of benzene rings is 1. The van der Waals surface area contributed by atoms with Crippen LogP contribution in [0.2, 0.25) is 0 Å². The number of carbonyl (C=O) groups excluding carboxylic acids is 1. The molecule has 3 rings (SSSR count). The molecule has 4 nitrogen and oxygen atoms in total. The number of rotatable bonds is 1. The number of para-hydroxylation sites is 1. The average Bonchev–Trinajstić information content (AvgIpc) is 2.48. The summed E-state index contributed by atoms with van der Waals surface area (Å²) >= 11 is 0. The largest absolute Gasteiger partial charge is 0.294 e. The fourth-order valence-electron chi connectivity index (χ4n) is 2.61. The lowest BCUT2D eigenvalue weighted by molar-refractivity contribution is 0.0971. The number of hydrogen-bond donors (Lipinski definition) is 0. The van der Waals surface area contributed by atoms with Crippen molar-refractivity contribution < 1.29 is 4.79 Å². The van der Waals surface area contributed by atoms with Gasteiger partial charge in [-0.15, -0.1) is 0 Å². The van der Waals surface area contributed by atoms with Crippen molar-refractivity contribution in [1.29, 1.82) is 5.26 Å². The van der Waals surface area contributed by atoms with Crippen LogP contribution in [0.15, 0.2) is 41.3 Å². The number of nitrogens with zero attached hydrogens (tertiary/aromatic N) is 2. The van der Waals surface area contributed by atoms with Gasteiger partial charge in [-0.2, -0.15) is 5.26 Å². The van der Waals surface area contributed by atoms with Gasteiger partial charge < -0.3 is 0 Å². The molecule has 1 aliphatic carbocycles. The Bertz CT molecular complexity index is 783. The van der Waals surface area contributed by atoms with E-state index in [-0.39, 0.29) is 16.9 Å². The highest BCUT2D eigenvalue weighted by Gasteiger charge is 2.23. The van der Waals surface area contributed by atoms with E-state index in [1.165, 1.54) is 4.57 Å². The van der Waals surface area contributed by atoms with Crippen LogP contribution in [0.1, 0.15) is 34.3 Å². The van der Waals surface area contributed by atoms with Crippen LogP contribution in [0.5, 0.6) is 0 Å². The number of carbonyl (C=O) groups is 1. The van der Waals surface area contributed by atoms with E-state index < -0.39 is 0 Å². The molecule has 0 spiro atoms. The smallest absolute Gasteiger partial charge is 0.273 e. The molecule has 0 atom stereocenters. The van der Waals surface area contributed by atoms with E-state index in [0.29, 0.717) is 36.1 Å². The second kappa shape index (κ2) is 4.78. The van der Waals surface area contributed by atoms with Crippen LogP contribution in [-0.4, -0.2) is 10.4 Å². The van der Waals surface area contributed by atoms with Crippen molar-refractivity contribution in [3.05, 3.63) is 63.6 Å². The third kappa shape index (κ3) is 1.84. The molecule has 98 valence electrons. The molecule has 0 fully saturated rings. The van der Waals surface area contributed by atoms with Crippen LogP contribution in [0.4, 0.5) is 0 Å². The Labute approximate surface area is 115 Å². The number of hydrogen-bond acceptors (Lipinski definition) is 3. The van der Waals surface area contributed by atoms with E-state index in [1.54, 1.807) is 18.3 Å². The normalized spacial score (nSPS) is 13.7. The third-order valence-corrected chi connectivity index (χ3v) is 3.59. The summed E-state index contributed by atoms with van der Waals surface area (Å²) < 4.78 is 1.39. The molecule has 1 heterocycles. The number of aromatic nitrogens is 1. The summed E-state index contributed by atoms with van der Waals surface area (Å²) in [6, 6.07) is 11.0. The summed E-state index contributed by atoms with van der Waals surface area (Å²) in [5, 5.41) is 9.26. The fraction of sp³-hybridized carbons (Fsp3) is 0.188. The molecule has 0 radical (unpaired) electrons. The van der Waals surface area contributed by atoms with E-state index in [2.05, 4.69) is 0 Å². The van der Waals surface area contributed by atoms with Crippen LogP contribution < -0.4 is 5.56 Å². The Balaban J connectivity index is 2.34. The zero-order valence-electron chi connectivity index (χ0n) is 10.8. The molecule has 1 aliphatic rings. The molecule has 0 unspecified atom stereocenters. The maximum absolute atomic E-state index is 12.4. The second-order valence-corrected chi connectivity index (χ2v) is 4.80. The summed E-state index contributed by atoms with van der Waals surface area (Å²) in [5.74, 6) is 0.00688. The van der Waals surface area contributed by atoms with Gasteiger partial charge in [0.25, 0.3) is 5.56 Å². The Morgan fingerprint density at radius 1 is 1.10 bits per heavy atom. The standard InChI is InChI=1S/C16H12N2O2/c17-9-13-12-7-4-8-15(19)14(12)10-18(16(13)20)11-5-2-1-3-6-11/h1-3,5-6,10H,4,7-8H2. The zero-order valence-corrected chi connectivity index (χ0v) is 10.8. The quantitative estimate of drug-likeness (QED) is 0.793. The summed E-state index contributed by atoms with van der Waals surface area (Å²) in [7, 11) is 0. The van der Waals surface area contributed by atoms with Gasteiger partial charge in [0, 0.05) is 23.9 Å². The minimum absolute atomic E-state index is 0.00688. The Morgan fingerprint density at radius 3 is 2.55 bits per heavy atom. The minimum atomic E-state index is -0.354. The number of nitriles is 1. The molecule has 2 aromatic rings. The molecule has 20 heavy (non-hydrogen) atoms. The third-order valence-electron chi connectivity index (χ3n) is 3.59. The summed E-state index contributed by atoms with van der Waals surface area (Å²) in [4.78, 5) is 24.4. The lowest BCUT2D eigenvalue weighted by Crippen LogP contribution is -2.27. The van der Waals surface area contributed by atoms with Crippen molar-refractivity contribution in [2.75, 3.05) is 0 Å². The topological polar surface area (TPSA) is 62.9 Å². The first-order valence-electron chi connectivity index (χ1n) is 6.49. The highest BCUT2D eigenvalue weighted by molar-refractivity contribution is 5.98. The van der Waals surface area contributed by atoms with Gasteiger partial charge in [0.15, 0.2) is 5.78 Å². The maximum atomic E-state index is 12.4. The number of Topliss-reactive ketones (excluding diaryl/α,β-unsaturated/α-hetero) is 1. The van der Waals surface area contributed by atoms with Crippen molar-refractivity contribution in [2.24, 2.45) is 0 Å². The molecule has 1 aromatic heterocycles. The van der Waals surface area contributed by atoms with Crippen molar-refractivity contribution in [1.82, 2.24) is 4.57 Å². The predicted molar refractivity (Wildman–Crippen MR) is 74.0 cm³/mol. The van der Waals surface area contributed by atoms with E-state index >= 15 is 0 Å². The van der Waals surface area contributed by atoms with Crippen molar-refractivity contribution in [3.63, 3.8) is 0 Å². The Morgan fingerprint density at radius 2 is 1.85 bits per heavy atom. The monoisotopic (exact) mass is 264 g/mol. The molecule has 4 heteroatoms. The average molecular weight is 264 g/mol. The Hall–Kier alpha value is -2.67. The fourth-order valence-corrected chi connectivity index (χ4v) is 2.61. The van der Waals surface area contributed by atoms with Crippen molar-refractivity contribution in [2.45, 2.75) is 19.3 Å². The highest BCUT2D eigenvalue weighted by atomic mass is 16.1. The highest BCUT2D eigenvalue weighted by Crippen LogP contribution is 2.23. The van der Waals surface area contributed by atoms with Gasteiger partial charge in [0.05, 0.1) is 0 Å². The van der Waals surface area contributed by atoms with Gasteiger partial charge in [0.2, 0.25) is 0 Å². The second-order valence-electron chi connectivity index (χ2n) is 4.80. The molecule has 0 saturated heterocycles. The van der Waals surface area contributed by atoms with Gasteiger partial charge in [-0.05, 0) is 30.5 Å². The van der Waals surface area contributed by atoms with Crippen LogP contribution in [0, 0.1) is 11.3 Å². The van der Waals surface area contributed by atoms with Crippen LogP contribution in [0.3, 0.4) is 0 Å². The molecule has 0 aliphatic heterocycles. The molecular formula is C16H12N2O2. The first-order chi connectivity index (χ1) is 9.72. The van der Waals surface area contributed by atoms with Crippen LogP contribution in [0.25, 0.3) is 5.69 Å². The molecule has 0 saturated carbocycles. The molecule has 0 amide bonds.